The fourth-order valence-corrected chi connectivity index (χ4v) is 2.99. The summed E-state index contributed by atoms with van der Waals surface area (Å²) in [6.45, 7) is 3.95. The molecule has 1 rings (SSSR count). The summed E-state index contributed by atoms with van der Waals surface area (Å²) in [6, 6.07) is 0. The summed E-state index contributed by atoms with van der Waals surface area (Å²) in [7, 11) is 0. The molecule has 4 heteroatoms. The van der Waals surface area contributed by atoms with Gasteiger partial charge in [-0.2, -0.15) is 0 Å². The first-order valence-corrected chi connectivity index (χ1v) is 9.36. The van der Waals surface area contributed by atoms with Gasteiger partial charge in [-0.15, -0.1) is 0 Å². The third kappa shape index (κ3) is 8.82. The van der Waals surface area contributed by atoms with Crippen LogP contribution in [-0.4, -0.2) is 27.6 Å². The van der Waals surface area contributed by atoms with Crippen LogP contribution in [0.25, 0.3) is 0 Å². The molecular weight excluding hydrogens is 316 g/mol. The molecule has 0 saturated carbocycles. The topological polar surface area (TPSA) is 74.6 Å². The van der Waals surface area contributed by atoms with Crippen molar-refractivity contribution >= 4 is 11.8 Å². The lowest BCUT2D eigenvalue weighted by atomic mass is 9.88. The molecule has 0 spiro atoms. The van der Waals surface area contributed by atoms with E-state index in [4.69, 9.17) is 5.11 Å². The first kappa shape index (κ1) is 21.4. The molecule has 0 amide bonds. The van der Waals surface area contributed by atoms with Crippen molar-refractivity contribution < 1.29 is 19.8 Å². The van der Waals surface area contributed by atoms with Crippen molar-refractivity contribution in [2.45, 2.75) is 70.8 Å². The molecule has 0 radical (unpaired) electrons. The van der Waals surface area contributed by atoms with Crippen LogP contribution in [0.3, 0.4) is 0 Å². The van der Waals surface area contributed by atoms with Gasteiger partial charge in [0.15, 0.2) is 5.78 Å². The third-order valence-electron chi connectivity index (χ3n) is 4.59. The van der Waals surface area contributed by atoms with Crippen molar-refractivity contribution in [2.75, 3.05) is 0 Å². The van der Waals surface area contributed by atoms with Crippen LogP contribution in [0.4, 0.5) is 0 Å². The Kier molecular flexibility index (Phi) is 9.43. The molecule has 0 bridgehead atoms. The van der Waals surface area contributed by atoms with Crippen molar-refractivity contribution in [3.63, 3.8) is 0 Å². The van der Waals surface area contributed by atoms with E-state index < -0.39 is 11.6 Å². The maximum absolute atomic E-state index is 12.0. The summed E-state index contributed by atoms with van der Waals surface area (Å²) in [6.07, 6.45) is 17.4. The van der Waals surface area contributed by atoms with Crippen LogP contribution in [0.1, 0.15) is 65.2 Å². The minimum Gasteiger partial charge on any atom is -0.481 e. The van der Waals surface area contributed by atoms with Gasteiger partial charge >= 0.3 is 5.97 Å². The summed E-state index contributed by atoms with van der Waals surface area (Å²) in [4.78, 5) is 22.5. The van der Waals surface area contributed by atoms with Crippen LogP contribution in [0, 0.1) is 11.8 Å². The van der Waals surface area contributed by atoms with E-state index in [0.717, 1.165) is 25.7 Å². The van der Waals surface area contributed by atoms with Gasteiger partial charge in [0, 0.05) is 18.3 Å². The standard InChI is InChI=1S/C21H32O4/c1-3-4-9-15-21(2,25)16-14-17-12-13-19(22)18(17)10-7-5-6-8-11-20(23)24/h5,7,12-14,16-18,25H,3-4,6,8-11,15H2,1-2H3,(H,23,24)/b7-5+,16-14+/t17-,18-,21-/m1/s1. The molecular formula is C21H32O4. The molecule has 4 nitrogen and oxygen atoms in total. The summed E-state index contributed by atoms with van der Waals surface area (Å²) in [5.74, 6) is -0.748. The van der Waals surface area contributed by atoms with E-state index in [1.807, 2.05) is 37.3 Å². The zero-order chi connectivity index (χ0) is 18.7. The molecule has 0 aromatic rings. The lowest BCUT2D eigenvalue weighted by molar-refractivity contribution is -0.137. The van der Waals surface area contributed by atoms with Crippen LogP contribution in [0.15, 0.2) is 36.5 Å². The molecule has 140 valence electrons. The van der Waals surface area contributed by atoms with Crippen molar-refractivity contribution in [2.24, 2.45) is 11.8 Å². The molecule has 0 aromatic carbocycles. The van der Waals surface area contributed by atoms with Gasteiger partial charge in [-0.25, -0.2) is 0 Å². The summed E-state index contributed by atoms with van der Waals surface area (Å²) < 4.78 is 0. The summed E-state index contributed by atoms with van der Waals surface area (Å²) in [5, 5.41) is 19.0. The molecule has 0 aromatic heterocycles. The Labute approximate surface area is 151 Å². The van der Waals surface area contributed by atoms with Gasteiger partial charge in [-0.1, -0.05) is 56.6 Å². The van der Waals surface area contributed by atoms with E-state index in [-0.39, 0.29) is 24.0 Å². The number of allylic oxidation sites excluding steroid dienone is 5. The highest BCUT2D eigenvalue weighted by Crippen LogP contribution is 2.28. The van der Waals surface area contributed by atoms with E-state index in [1.165, 1.54) is 0 Å². The van der Waals surface area contributed by atoms with Crippen molar-refractivity contribution in [3.05, 3.63) is 36.5 Å². The van der Waals surface area contributed by atoms with Gasteiger partial charge in [0.25, 0.3) is 0 Å². The summed E-state index contributed by atoms with van der Waals surface area (Å²) in [5.41, 5.74) is -0.828. The van der Waals surface area contributed by atoms with E-state index in [9.17, 15) is 14.7 Å². The number of hydrogen-bond acceptors (Lipinski definition) is 3. The molecule has 25 heavy (non-hydrogen) atoms. The van der Waals surface area contributed by atoms with E-state index in [0.29, 0.717) is 19.3 Å². The number of carboxylic acid groups (broad SMARTS) is 1. The smallest absolute Gasteiger partial charge is 0.303 e. The number of carbonyl (C=O) groups is 2. The predicted octanol–water partition coefficient (Wildman–Crippen LogP) is 4.45. The fraction of sp³-hybridized carbons (Fsp3) is 0.619. The second-order valence-electron chi connectivity index (χ2n) is 7.11. The number of ketones is 1. The first-order valence-electron chi connectivity index (χ1n) is 9.36. The highest BCUT2D eigenvalue weighted by Gasteiger charge is 2.28. The largest absolute Gasteiger partial charge is 0.481 e. The Hall–Kier alpha value is -1.68. The number of hydrogen-bond donors (Lipinski definition) is 2. The Morgan fingerprint density at radius 2 is 2.04 bits per heavy atom. The maximum atomic E-state index is 12.0. The van der Waals surface area contributed by atoms with Crippen LogP contribution in [-0.2, 0) is 9.59 Å². The Morgan fingerprint density at radius 1 is 1.28 bits per heavy atom. The number of aliphatic carboxylic acids is 1. The van der Waals surface area contributed by atoms with E-state index in [1.54, 1.807) is 6.08 Å². The molecule has 0 heterocycles. The highest BCUT2D eigenvalue weighted by molar-refractivity contribution is 5.95. The molecule has 3 atom stereocenters. The number of unbranched alkanes of at least 4 members (excludes halogenated alkanes) is 3. The number of carbonyl (C=O) groups excluding carboxylic acids is 1. The van der Waals surface area contributed by atoms with Gasteiger partial charge in [-0.3, -0.25) is 9.59 Å². The zero-order valence-corrected chi connectivity index (χ0v) is 15.5. The lowest BCUT2D eigenvalue weighted by Crippen LogP contribution is -2.21. The van der Waals surface area contributed by atoms with Crippen LogP contribution in [0.2, 0.25) is 0 Å². The Morgan fingerprint density at radius 3 is 2.72 bits per heavy atom. The van der Waals surface area contributed by atoms with Crippen molar-refractivity contribution in [3.8, 4) is 0 Å². The quantitative estimate of drug-likeness (QED) is 0.404. The molecule has 1 aliphatic carbocycles. The minimum absolute atomic E-state index is 0.0221. The molecule has 0 saturated heterocycles. The van der Waals surface area contributed by atoms with Gasteiger partial charge < -0.3 is 10.2 Å². The number of rotatable bonds is 12. The fourth-order valence-electron chi connectivity index (χ4n) is 2.99. The highest BCUT2D eigenvalue weighted by atomic mass is 16.4. The predicted molar refractivity (Wildman–Crippen MR) is 100 cm³/mol. The minimum atomic E-state index is -0.828. The SMILES string of the molecule is CCCCC[C@@](C)(O)/C=C/[C@H]1C=CC(=O)[C@@H]1C/C=C/CCCC(=O)O. The van der Waals surface area contributed by atoms with Gasteiger partial charge in [-0.05, 0) is 38.7 Å². The van der Waals surface area contributed by atoms with Crippen molar-refractivity contribution in [1.82, 2.24) is 0 Å². The molecule has 0 aliphatic heterocycles. The Balaban J connectivity index is 2.48. The third-order valence-corrected chi connectivity index (χ3v) is 4.59. The van der Waals surface area contributed by atoms with Crippen LogP contribution in [0.5, 0.6) is 0 Å². The normalized spacial score (nSPS) is 22.9. The van der Waals surface area contributed by atoms with Crippen molar-refractivity contribution in [1.29, 1.82) is 0 Å². The molecule has 1 aliphatic rings. The first-order chi connectivity index (χ1) is 11.9. The molecule has 0 unspecified atom stereocenters. The Bertz CT molecular complexity index is 514. The number of aliphatic hydroxyl groups is 1. The second-order valence-corrected chi connectivity index (χ2v) is 7.11. The van der Waals surface area contributed by atoms with E-state index in [2.05, 4.69) is 6.92 Å². The molecule has 0 fully saturated rings. The number of carboxylic acids is 1. The second kappa shape index (κ2) is 11.0. The maximum Gasteiger partial charge on any atom is 0.303 e. The van der Waals surface area contributed by atoms with Gasteiger partial charge in [0.1, 0.15) is 0 Å². The van der Waals surface area contributed by atoms with Gasteiger partial charge in [0.2, 0.25) is 0 Å². The van der Waals surface area contributed by atoms with E-state index >= 15 is 0 Å². The lowest BCUT2D eigenvalue weighted by Gasteiger charge is -2.20. The average molecular weight is 348 g/mol. The zero-order valence-electron chi connectivity index (χ0n) is 15.5. The van der Waals surface area contributed by atoms with Gasteiger partial charge in [0.05, 0.1) is 5.60 Å². The average Bonchev–Trinajstić information content (AvgIpc) is 2.89. The van der Waals surface area contributed by atoms with Crippen LogP contribution >= 0.6 is 0 Å². The van der Waals surface area contributed by atoms with Crippen LogP contribution < -0.4 is 0 Å². The monoisotopic (exact) mass is 348 g/mol. The molecule has 2 N–H and O–H groups in total. The summed E-state index contributed by atoms with van der Waals surface area (Å²) >= 11 is 0.